The first kappa shape index (κ1) is 14.9. The largest absolute Gasteiger partial charge is 0.292 e. The number of rotatable bonds is 5. The second-order valence-electron chi connectivity index (χ2n) is 5.46. The molecule has 3 unspecified atom stereocenters. The summed E-state index contributed by atoms with van der Waals surface area (Å²) < 4.78 is 12.3. The Hall–Kier alpha value is -0.480. The van der Waals surface area contributed by atoms with Gasteiger partial charge < -0.3 is 0 Å². The number of ketones is 1. The number of carbonyl (C=O) groups excluding carboxylic acids is 1. The summed E-state index contributed by atoms with van der Waals surface area (Å²) in [4.78, 5) is 14.1. The van der Waals surface area contributed by atoms with Crippen LogP contribution in [0.3, 0.4) is 0 Å². The average molecular weight is 298 g/mol. The van der Waals surface area contributed by atoms with Crippen molar-refractivity contribution in [3.63, 3.8) is 0 Å². The molecule has 2 rings (SSSR count). The van der Waals surface area contributed by atoms with Crippen LogP contribution >= 0.6 is 11.3 Å². The predicted molar refractivity (Wildman–Crippen MR) is 82.5 cm³/mol. The van der Waals surface area contributed by atoms with E-state index in [4.69, 9.17) is 0 Å². The molecule has 1 saturated carbocycles. The smallest absolute Gasteiger partial charge is 0.185 e. The second kappa shape index (κ2) is 6.80. The van der Waals surface area contributed by atoms with Crippen LogP contribution in [-0.4, -0.2) is 21.0 Å². The molecule has 0 saturated heterocycles. The minimum absolute atomic E-state index is 0.0567. The maximum atomic E-state index is 12.3. The lowest BCUT2D eigenvalue weighted by atomic mass is 9.91. The van der Waals surface area contributed by atoms with Gasteiger partial charge in [-0.05, 0) is 37.3 Å². The first-order valence-corrected chi connectivity index (χ1v) is 9.29. The fraction of sp³-hybridized carbons (Fsp3) is 0.667. The van der Waals surface area contributed by atoms with Crippen LogP contribution in [0.15, 0.2) is 12.1 Å². The van der Waals surface area contributed by atoms with Crippen LogP contribution in [0.4, 0.5) is 0 Å². The van der Waals surface area contributed by atoms with Gasteiger partial charge in [0.15, 0.2) is 5.78 Å². The predicted octanol–water partition coefficient (Wildman–Crippen LogP) is 3.82. The maximum absolute atomic E-state index is 12.3. The summed E-state index contributed by atoms with van der Waals surface area (Å²) in [5.41, 5.74) is 0. The average Bonchev–Trinajstić information content (AvgIpc) is 2.87. The molecule has 0 N–H and O–H groups in total. The molecule has 2 nitrogen and oxygen atoms in total. The third kappa shape index (κ3) is 3.99. The Morgan fingerprint density at radius 3 is 2.84 bits per heavy atom. The molecular weight excluding hydrogens is 276 g/mol. The molecule has 0 aliphatic heterocycles. The van der Waals surface area contributed by atoms with E-state index in [-0.39, 0.29) is 16.8 Å². The third-order valence-electron chi connectivity index (χ3n) is 3.82. The van der Waals surface area contributed by atoms with E-state index in [1.165, 1.54) is 11.3 Å². The number of Topliss-reactive ketones (excluding diaryl/α,β-unsaturated/α-hetero) is 1. The Morgan fingerprint density at radius 2 is 2.21 bits per heavy atom. The van der Waals surface area contributed by atoms with Gasteiger partial charge in [0.2, 0.25) is 0 Å². The Balaban J connectivity index is 1.92. The highest BCUT2D eigenvalue weighted by atomic mass is 32.2. The lowest BCUT2D eigenvalue weighted by Crippen LogP contribution is -2.27. The van der Waals surface area contributed by atoms with Crippen LogP contribution in [-0.2, 0) is 17.2 Å². The van der Waals surface area contributed by atoms with E-state index in [0.29, 0.717) is 5.92 Å². The van der Waals surface area contributed by atoms with Crippen LogP contribution in [0.25, 0.3) is 0 Å². The summed E-state index contributed by atoms with van der Waals surface area (Å²) in [6, 6.07) is 3.88. The summed E-state index contributed by atoms with van der Waals surface area (Å²) in [7, 11) is -0.993. The third-order valence-corrected chi connectivity index (χ3v) is 6.81. The van der Waals surface area contributed by atoms with E-state index >= 15 is 0 Å². The molecule has 1 aliphatic carbocycles. The SMILES string of the molecule is CCc1ccc(C(=O)CS(=O)C2CCCC(C)C2)s1. The first-order valence-electron chi connectivity index (χ1n) is 7.09. The van der Waals surface area contributed by atoms with Crippen molar-refractivity contribution in [2.24, 2.45) is 5.92 Å². The van der Waals surface area contributed by atoms with Gasteiger partial charge in [-0.25, -0.2) is 0 Å². The molecule has 1 aromatic rings. The first-order chi connectivity index (χ1) is 9.10. The zero-order chi connectivity index (χ0) is 13.8. The summed E-state index contributed by atoms with van der Waals surface area (Å²) in [6.45, 7) is 4.31. The number of aryl methyl sites for hydroxylation is 1. The van der Waals surface area contributed by atoms with Crippen LogP contribution in [0.1, 0.15) is 54.1 Å². The van der Waals surface area contributed by atoms with Crippen molar-refractivity contribution in [1.29, 1.82) is 0 Å². The monoisotopic (exact) mass is 298 g/mol. The van der Waals surface area contributed by atoms with Gasteiger partial charge in [-0.1, -0.05) is 26.7 Å². The van der Waals surface area contributed by atoms with Gasteiger partial charge in [-0.2, -0.15) is 0 Å². The second-order valence-corrected chi connectivity index (χ2v) is 8.35. The molecular formula is C15H22O2S2. The summed E-state index contributed by atoms with van der Waals surface area (Å²) in [5, 5.41) is 0.235. The van der Waals surface area contributed by atoms with E-state index in [1.807, 2.05) is 12.1 Å². The molecule has 0 bridgehead atoms. The van der Waals surface area contributed by atoms with E-state index in [2.05, 4.69) is 13.8 Å². The van der Waals surface area contributed by atoms with Gasteiger partial charge in [0.05, 0.1) is 10.6 Å². The fourth-order valence-electron chi connectivity index (χ4n) is 2.65. The molecule has 4 heteroatoms. The van der Waals surface area contributed by atoms with Gasteiger partial charge >= 0.3 is 0 Å². The minimum Gasteiger partial charge on any atom is -0.292 e. The van der Waals surface area contributed by atoms with Gasteiger partial charge in [0.1, 0.15) is 0 Å². The lowest BCUT2D eigenvalue weighted by molar-refractivity contribution is 0.102. The minimum atomic E-state index is -0.993. The zero-order valence-corrected chi connectivity index (χ0v) is 13.3. The fourth-order valence-corrected chi connectivity index (χ4v) is 5.25. The summed E-state index contributed by atoms with van der Waals surface area (Å²) >= 11 is 1.55. The molecule has 0 radical (unpaired) electrons. The molecule has 1 aromatic heterocycles. The molecule has 19 heavy (non-hydrogen) atoms. The Kier molecular flexibility index (Phi) is 5.34. The molecule has 1 aliphatic rings. The standard InChI is InChI=1S/C15H22O2S2/c1-3-12-7-8-15(18-12)14(16)10-19(17)13-6-4-5-11(2)9-13/h7-8,11,13H,3-6,9-10H2,1-2H3. The number of thiophene rings is 1. The molecule has 106 valence electrons. The molecule has 1 fully saturated rings. The van der Waals surface area contributed by atoms with Crippen LogP contribution in [0.5, 0.6) is 0 Å². The normalized spacial score (nSPS) is 25.2. The highest BCUT2D eigenvalue weighted by Gasteiger charge is 2.25. The van der Waals surface area contributed by atoms with Crippen molar-refractivity contribution < 1.29 is 9.00 Å². The van der Waals surface area contributed by atoms with Crippen LogP contribution < -0.4 is 0 Å². The quantitative estimate of drug-likeness (QED) is 0.774. The lowest BCUT2D eigenvalue weighted by Gasteiger charge is -2.25. The van der Waals surface area contributed by atoms with Crippen LogP contribution in [0, 0.1) is 5.92 Å². The zero-order valence-electron chi connectivity index (χ0n) is 11.7. The summed E-state index contributed by atoms with van der Waals surface area (Å²) in [5.74, 6) is 0.925. The Bertz CT molecular complexity index is 464. The topological polar surface area (TPSA) is 34.1 Å². The molecule has 3 atom stereocenters. The van der Waals surface area contributed by atoms with Gasteiger partial charge in [-0.3, -0.25) is 9.00 Å². The van der Waals surface area contributed by atoms with Gasteiger partial charge in [0.25, 0.3) is 0 Å². The van der Waals surface area contributed by atoms with E-state index in [0.717, 1.165) is 30.6 Å². The molecule has 0 aromatic carbocycles. The highest BCUT2D eigenvalue weighted by Crippen LogP contribution is 2.27. The molecule has 1 heterocycles. The van der Waals surface area contributed by atoms with Crippen molar-refractivity contribution in [3.05, 3.63) is 21.9 Å². The van der Waals surface area contributed by atoms with Crippen molar-refractivity contribution in [2.75, 3.05) is 5.75 Å². The Morgan fingerprint density at radius 1 is 1.42 bits per heavy atom. The Labute approximate surface area is 122 Å². The highest BCUT2D eigenvalue weighted by molar-refractivity contribution is 7.86. The van der Waals surface area contributed by atoms with Gasteiger partial charge in [0, 0.05) is 20.9 Å². The van der Waals surface area contributed by atoms with Gasteiger partial charge in [-0.15, -0.1) is 11.3 Å². The van der Waals surface area contributed by atoms with Crippen molar-refractivity contribution in [1.82, 2.24) is 0 Å². The van der Waals surface area contributed by atoms with E-state index in [1.54, 1.807) is 11.3 Å². The maximum Gasteiger partial charge on any atom is 0.185 e. The number of hydrogen-bond donors (Lipinski definition) is 0. The molecule has 0 spiro atoms. The van der Waals surface area contributed by atoms with Crippen molar-refractivity contribution in [2.45, 2.75) is 51.2 Å². The number of hydrogen-bond acceptors (Lipinski definition) is 3. The van der Waals surface area contributed by atoms with Crippen molar-refractivity contribution in [3.8, 4) is 0 Å². The molecule has 0 amide bonds. The van der Waals surface area contributed by atoms with Crippen LogP contribution in [0.2, 0.25) is 0 Å². The van der Waals surface area contributed by atoms with Crippen molar-refractivity contribution >= 4 is 27.9 Å². The number of carbonyl (C=O) groups is 1. The summed E-state index contributed by atoms with van der Waals surface area (Å²) in [6.07, 6.45) is 5.40. The van der Waals surface area contributed by atoms with E-state index in [9.17, 15) is 9.00 Å². The van der Waals surface area contributed by atoms with E-state index < -0.39 is 10.8 Å².